The second-order valence-electron chi connectivity index (χ2n) is 5.65. The van der Waals surface area contributed by atoms with Crippen LogP contribution in [0.2, 0.25) is 5.15 Å². The van der Waals surface area contributed by atoms with E-state index in [-0.39, 0.29) is 15.6 Å². The van der Waals surface area contributed by atoms with Gasteiger partial charge in [0.25, 0.3) is 0 Å². The molecule has 1 saturated heterocycles. The Morgan fingerprint density at radius 3 is 2.55 bits per heavy atom. The lowest BCUT2D eigenvalue weighted by Crippen LogP contribution is -2.50. The Balaban J connectivity index is 2.03. The summed E-state index contributed by atoms with van der Waals surface area (Å²) in [5.41, 5.74) is -0.191. The van der Waals surface area contributed by atoms with Gasteiger partial charge in [0, 0.05) is 18.3 Å². The molecule has 0 aromatic carbocycles. The summed E-state index contributed by atoms with van der Waals surface area (Å²) in [6, 6.07) is 2.93. The second-order valence-corrected chi connectivity index (χ2v) is 7.80. The summed E-state index contributed by atoms with van der Waals surface area (Å²) in [7, 11) is -3.54. The van der Waals surface area contributed by atoms with Crippen molar-refractivity contribution in [2.24, 2.45) is 0 Å². The minimum atomic E-state index is -3.54. The highest BCUT2D eigenvalue weighted by molar-refractivity contribution is 7.89. The van der Waals surface area contributed by atoms with Crippen molar-refractivity contribution in [2.75, 3.05) is 19.6 Å². The average molecular weight is 318 g/mol. The van der Waals surface area contributed by atoms with E-state index in [0.29, 0.717) is 6.54 Å². The van der Waals surface area contributed by atoms with Crippen molar-refractivity contribution in [3.05, 3.63) is 23.5 Å². The van der Waals surface area contributed by atoms with E-state index in [1.165, 1.54) is 31.2 Å². The van der Waals surface area contributed by atoms with Crippen LogP contribution in [0.15, 0.2) is 23.2 Å². The molecule has 1 aromatic heterocycles. The van der Waals surface area contributed by atoms with Crippen LogP contribution in [0.25, 0.3) is 0 Å². The van der Waals surface area contributed by atoms with Crippen LogP contribution in [0.4, 0.5) is 0 Å². The maximum Gasteiger partial charge on any atom is 0.242 e. The van der Waals surface area contributed by atoms with Gasteiger partial charge < -0.3 is 0 Å². The fourth-order valence-corrected chi connectivity index (χ4v) is 3.57. The fraction of sp³-hybridized carbons (Fsp3) is 0.615. The lowest BCUT2D eigenvalue weighted by molar-refractivity contribution is 0.158. The normalized spacial score (nSPS) is 17.6. The van der Waals surface area contributed by atoms with Crippen molar-refractivity contribution < 1.29 is 8.42 Å². The SMILES string of the molecule is CC(C)(CNS(=O)(=O)c1ccc(Cl)nc1)N1CCCC1. The van der Waals surface area contributed by atoms with Crippen LogP contribution < -0.4 is 4.72 Å². The molecule has 0 spiro atoms. The van der Waals surface area contributed by atoms with E-state index >= 15 is 0 Å². The molecule has 0 atom stereocenters. The number of hydrogen-bond donors (Lipinski definition) is 1. The van der Waals surface area contributed by atoms with Gasteiger partial charge in [-0.2, -0.15) is 0 Å². The van der Waals surface area contributed by atoms with Crippen molar-refractivity contribution in [3.8, 4) is 0 Å². The highest BCUT2D eigenvalue weighted by Crippen LogP contribution is 2.21. The van der Waals surface area contributed by atoms with Crippen LogP contribution >= 0.6 is 11.6 Å². The second kappa shape index (κ2) is 5.97. The highest BCUT2D eigenvalue weighted by Gasteiger charge is 2.30. The summed E-state index contributed by atoms with van der Waals surface area (Å²) in [6.45, 7) is 6.54. The summed E-state index contributed by atoms with van der Waals surface area (Å²) in [4.78, 5) is 6.26. The molecule has 20 heavy (non-hydrogen) atoms. The number of hydrogen-bond acceptors (Lipinski definition) is 4. The summed E-state index contributed by atoms with van der Waals surface area (Å²) in [6.07, 6.45) is 3.63. The summed E-state index contributed by atoms with van der Waals surface area (Å²) in [5, 5.41) is 0.279. The molecule has 2 heterocycles. The largest absolute Gasteiger partial charge is 0.297 e. The molecule has 5 nitrogen and oxygen atoms in total. The predicted octanol–water partition coefficient (Wildman–Crippen LogP) is 1.89. The van der Waals surface area contributed by atoms with Crippen molar-refractivity contribution in [1.29, 1.82) is 0 Å². The van der Waals surface area contributed by atoms with Gasteiger partial charge in [-0.15, -0.1) is 0 Å². The number of sulfonamides is 1. The first kappa shape index (κ1) is 15.7. The van der Waals surface area contributed by atoms with Gasteiger partial charge in [0.15, 0.2) is 0 Å². The van der Waals surface area contributed by atoms with Gasteiger partial charge in [0.1, 0.15) is 10.0 Å². The molecule has 1 fully saturated rings. The number of rotatable bonds is 5. The molecule has 2 rings (SSSR count). The molecule has 0 bridgehead atoms. The standard InChI is InChI=1S/C13H20ClN3O2S/c1-13(2,17-7-3-4-8-17)10-16-20(18,19)11-5-6-12(14)15-9-11/h5-6,9,16H,3-4,7-8,10H2,1-2H3. The third-order valence-electron chi connectivity index (χ3n) is 3.67. The Morgan fingerprint density at radius 2 is 2.00 bits per heavy atom. The van der Waals surface area contributed by atoms with E-state index in [9.17, 15) is 8.42 Å². The van der Waals surface area contributed by atoms with E-state index in [1.54, 1.807) is 0 Å². The smallest absolute Gasteiger partial charge is 0.242 e. The van der Waals surface area contributed by atoms with Gasteiger partial charge in [0.2, 0.25) is 10.0 Å². The Kier molecular flexibility index (Phi) is 4.69. The molecule has 0 aliphatic carbocycles. The summed E-state index contributed by atoms with van der Waals surface area (Å²) < 4.78 is 27.0. The van der Waals surface area contributed by atoms with Gasteiger partial charge in [-0.3, -0.25) is 4.90 Å². The van der Waals surface area contributed by atoms with Gasteiger partial charge in [-0.05, 0) is 51.9 Å². The molecule has 0 amide bonds. The van der Waals surface area contributed by atoms with E-state index in [4.69, 9.17) is 11.6 Å². The van der Waals surface area contributed by atoms with Crippen LogP contribution in [-0.4, -0.2) is 43.5 Å². The molecule has 1 aliphatic heterocycles. The number of halogens is 1. The average Bonchev–Trinajstić information content (AvgIpc) is 2.92. The lowest BCUT2D eigenvalue weighted by Gasteiger charge is -2.35. The van der Waals surface area contributed by atoms with Crippen LogP contribution in [0.1, 0.15) is 26.7 Å². The van der Waals surface area contributed by atoms with E-state index < -0.39 is 10.0 Å². The zero-order valence-corrected chi connectivity index (χ0v) is 13.3. The highest BCUT2D eigenvalue weighted by atomic mass is 35.5. The molecule has 0 radical (unpaired) electrons. The third-order valence-corrected chi connectivity index (χ3v) is 5.28. The maximum absolute atomic E-state index is 12.2. The number of nitrogens with zero attached hydrogens (tertiary/aromatic N) is 2. The van der Waals surface area contributed by atoms with Gasteiger partial charge in [-0.1, -0.05) is 11.6 Å². The molecule has 1 N–H and O–H groups in total. The zero-order valence-electron chi connectivity index (χ0n) is 11.8. The van der Waals surface area contributed by atoms with Gasteiger partial charge in [0.05, 0.1) is 0 Å². The monoisotopic (exact) mass is 317 g/mol. The number of pyridine rings is 1. The maximum atomic E-state index is 12.2. The van der Waals surface area contributed by atoms with Crippen LogP contribution in [0, 0.1) is 0 Å². The Labute approximate surface area is 125 Å². The number of aromatic nitrogens is 1. The summed E-state index contributed by atoms with van der Waals surface area (Å²) >= 11 is 5.66. The van der Waals surface area contributed by atoms with Crippen molar-refractivity contribution >= 4 is 21.6 Å². The predicted molar refractivity (Wildman–Crippen MR) is 79.3 cm³/mol. The first-order valence-electron chi connectivity index (χ1n) is 6.67. The number of nitrogens with one attached hydrogen (secondary N) is 1. The lowest BCUT2D eigenvalue weighted by atomic mass is 10.0. The fourth-order valence-electron chi connectivity index (χ4n) is 2.31. The quantitative estimate of drug-likeness (QED) is 0.842. The minimum Gasteiger partial charge on any atom is -0.297 e. The Hall–Kier alpha value is -0.690. The Morgan fingerprint density at radius 1 is 1.35 bits per heavy atom. The molecule has 1 aliphatic rings. The van der Waals surface area contributed by atoms with Crippen LogP contribution in [-0.2, 0) is 10.0 Å². The van der Waals surface area contributed by atoms with E-state index in [2.05, 4.69) is 28.5 Å². The van der Waals surface area contributed by atoms with Crippen molar-refractivity contribution in [2.45, 2.75) is 37.1 Å². The minimum absolute atomic E-state index is 0.138. The molecule has 0 unspecified atom stereocenters. The molecule has 0 saturated carbocycles. The van der Waals surface area contributed by atoms with Gasteiger partial charge in [-0.25, -0.2) is 18.1 Å². The first-order valence-corrected chi connectivity index (χ1v) is 8.54. The van der Waals surface area contributed by atoms with E-state index in [0.717, 1.165) is 13.1 Å². The van der Waals surface area contributed by atoms with Crippen LogP contribution in [0.3, 0.4) is 0 Å². The van der Waals surface area contributed by atoms with Crippen LogP contribution in [0.5, 0.6) is 0 Å². The summed E-state index contributed by atoms with van der Waals surface area (Å²) in [5.74, 6) is 0. The zero-order chi connectivity index (χ0) is 14.8. The Bertz CT molecular complexity index is 551. The molecular formula is C13H20ClN3O2S. The van der Waals surface area contributed by atoms with Crippen molar-refractivity contribution in [1.82, 2.24) is 14.6 Å². The topological polar surface area (TPSA) is 62.3 Å². The van der Waals surface area contributed by atoms with Gasteiger partial charge >= 0.3 is 0 Å². The van der Waals surface area contributed by atoms with E-state index in [1.807, 2.05) is 0 Å². The first-order chi connectivity index (χ1) is 9.31. The molecule has 7 heteroatoms. The molecule has 1 aromatic rings. The molecule has 112 valence electrons. The van der Waals surface area contributed by atoms with Crippen molar-refractivity contribution in [3.63, 3.8) is 0 Å². The number of likely N-dealkylation sites (tertiary alicyclic amines) is 1. The third kappa shape index (κ3) is 3.69. The molecular weight excluding hydrogens is 298 g/mol.